The SMILES string of the molecule is CCOc1ccc(NC(=O)c2cc(C)nc(NCC3CCCO3)n2)cc1. The zero-order valence-electron chi connectivity index (χ0n) is 15.1. The molecule has 2 aromatic rings. The molecule has 1 atom stereocenters. The summed E-state index contributed by atoms with van der Waals surface area (Å²) in [6.45, 7) is 5.82. The molecule has 0 saturated carbocycles. The molecule has 0 radical (unpaired) electrons. The van der Waals surface area contributed by atoms with Gasteiger partial charge in [-0.15, -0.1) is 0 Å². The van der Waals surface area contributed by atoms with Crippen LogP contribution in [0, 0.1) is 6.92 Å². The molecule has 1 aromatic heterocycles. The Labute approximate surface area is 153 Å². The fourth-order valence-electron chi connectivity index (χ4n) is 2.77. The Kier molecular flexibility index (Phi) is 6.01. The Hall–Kier alpha value is -2.67. The average molecular weight is 356 g/mol. The average Bonchev–Trinajstić information content (AvgIpc) is 3.15. The molecule has 1 amide bonds. The van der Waals surface area contributed by atoms with Crippen LogP contribution in [-0.4, -0.2) is 41.7 Å². The first-order valence-electron chi connectivity index (χ1n) is 8.89. The number of aryl methyl sites for hydroxylation is 1. The standard InChI is InChI=1S/C19H24N4O3/c1-3-25-15-8-6-14(7-9-15)22-18(24)17-11-13(2)21-19(23-17)20-12-16-5-4-10-26-16/h6-9,11,16H,3-5,10,12H2,1-2H3,(H,22,24)(H,20,21,23). The molecule has 1 saturated heterocycles. The van der Waals surface area contributed by atoms with Gasteiger partial charge in [-0.2, -0.15) is 0 Å². The number of nitrogens with zero attached hydrogens (tertiary/aromatic N) is 2. The molecule has 2 N–H and O–H groups in total. The lowest BCUT2D eigenvalue weighted by Crippen LogP contribution is -2.21. The van der Waals surface area contributed by atoms with Crippen molar-refractivity contribution < 1.29 is 14.3 Å². The molecule has 0 spiro atoms. The second-order valence-electron chi connectivity index (χ2n) is 6.15. The van der Waals surface area contributed by atoms with E-state index in [4.69, 9.17) is 9.47 Å². The monoisotopic (exact) mass is 356 g/mol. The highest BCUT2D eigenvalue weighted by Gasteiger charge is 2.16. The van der Waals surface area contributed by atoms with Crippen molar-refractivity contribution >= 4 is 17.5 Å². The largest absolute Gasteiger partial charge is 0.494 e. The lowest BCUT2D eigenvalue weighted by molar-refractivity contribution is 0.102. The van der Waals surface area contributed by atoms with Crippen molar-refractivity contribution in [1.82, 2.24) is 9.97 Å². The minimum absolute atomic E-state index is 0.181. The van der Waals surface area contributed by atoms with E-state index in [0.717, 1.165) is 30.9 Å². The van der Waals surface area contributed by atoms with E-state index in [1.165, 1.54) is 0 Å². The van der Waals surface area contributed by atoms with Crippen molar-refractivity contribution in [2.24, 2.45) is 0 Å². The first kappa shape index (κ1) is 18.1. The Morgan fingerprint density at radius 2 is 2.12 bits per heavy atom. The number of ether oxygens (including phenoxy) is 2. The number of aromatic nitrogens is 2. The van der Waals surface area contributed by atoms with Crippen LogP contribution in [0.5, 0.6) is 5.75 Å². The van der Waals surface area contributed by atoms with E-state index in [1.807, 2.05) is 26.0 Å². The number of anilines is 2. The Balaban J connectivity index is 1.64. The van der Waals surface area contributed by atoms with Crippen LogP contribution in [0.15, 0.2) is 30.3 Å². The molecule has 7 nitrogen and oxygen atoms in total. The Morgan fingerprint density at radius 1 is 1.31 bits per heavy atom. The predicted octanol–water partition coefficient (Wildman–Crippen LogP) is 3.03. The van der Waals surface area contributed by atoms with Crippen LogP contribution in [0.3, 0.4) is 0 Å². The van der Waals surface area contributed by atoms with Gasteiger partial charge in [-0.05, 0) is 57.0 Å². The molecule has 1 aliphatic heterocycles. The fraction of sp³-hybridized carbons (Fsp3) is 0.421. The molecule has 26 heavy (non-hydrogen) atoms. The predicted molar refractivity (Wildman–Crippen MR) is 99.8 cm³/mol. The van der Waals surface area contributed by atoms with Crippen molar-refractivity contribution in [3.8, 4) is 5.75 Å². The third kappa shape index (κ3) is 4.92. The third-order valence-corrected chi connectivity index (χ3v) is 4.02. The van der Waals surface area contributed by atoms with Gasteiger partial charge < -0.3 is 20.1 Å². The lowest BCUT2D eigenvalue weighted by Gasteiger charge is -2.12. The molecule has 3 rings (SSSR count). The van der Waals surface area contributed by atoms with Gasteiger partial charge in [0.15, 0.2) is 0 Å². The summed E-state index contributed by atoms with van der Waals surface area (Å²) in [5.74, 6) is 0.932. The van der Waals surface area contributed by atoms with E-state index in [1.54, 1.807) is 18.2 Å². The summed E-state index contributed by atoms with van der Waals surface area (Å²) in [4.78, 5) is 21.2. The highest BCUT2D eigenvalue weighted by atomic mass is 16.5. The number of amides is 1. The number of hydrogen-bond donors (Lipinski definition) is 2. The van der Waals surface area contributed by atoms with Gasteiger partial charge in [0.05, 0.1) is 12.7 Å². The molecular formula is C19H24N4O3. The maximum atomic E-state index is 12.5. The van der Waals surface area contributed by atoms with E-state index in [0.29, 0.717) is 30.5 Å². The highest BCUT2D eigenvalue weighted by molar-refractivity contribution is 6.03. The van der Waals surface area contributed by atoms with Crippen LogP contribution < -0.4 is 15.4 Å². The van der Waals surface area contributed by atoms with Gasteiger partial charge in [0.25, 0.3) is 5.91 Å². The van der Waals surface area contributed by atoms with Crippen molar-refractivity contribution in [3.05, 3.63) is 41.7 Å². The molecule has 1 aromatic carbocycles. The van der Waals surface area contributed by atoms with E-state index in [2.05, 4.69) is 20.6 Å². The van der Waals surface area contributed by atoms with Gasteiger partial charge in [0.2, 0.25) is 5.95 Å². The number of nitrogens with one attached hydrogen (secondary N) is 2. The van der Waals surface area contributed by atoms with Gasteiger partial charge in [0.1, 0.15) is 11.4 Å². The quantitative estimate of drug-likeness (QED) is 0.793. The molecule has 0 aliphatic carbocycles. The van der Waals surface area contributed by atoms with E-state index >= 15 is 0 Å². The molecule has 2 heterocycles. The minimum Gasteiger partial charge on any atom is -0.494 e. The molecule has 1 fully saturated rings. The van der Waals surface area contributed by atoms with E-state index in [-0.39, 0.29) is 12.0 Å². The first-order chi connectivity index (χ1) is 12.6. The van der Waals surface area contributed by atoms with Crippen LogP contribution in [0.4, 0.5) is 11.6 Å². The van der Waals surface area contributed by atoms with Crippen LogP contribution in [-0.2, 0) is 4.74 Å². The van der Waals surface area contributed by atoms with Crippen molar-refractivity contribution in [3.63, 3.8) is 0 Å². The zero-order chi connectivity index (χ0) is 18.4. The zero-order valence-corrected chi connectivity index (χ0v) is 15.1. The van der Waals surface area contributed by atoms with Gasteiger partial charge >= 0.3 is 0 Å². The number of carbonyl (C=O) groups excluding carboxylic acids is 1. The Bertz CT molecular complexity index is 743. The van der Waals surface area contributed by atoms with Crippen LogP contribution in [0.25, 0.3) is 0 Å². The van der Waals surface area contributed by atoms with Crippen LogP contribution in [0.2, 0.25) is 0 Å². The summed E-state index contributed by atoms with van der Waals surface area (Å²) in [6, 6.07) is 8.90. The molecular weight excluding hydrogens is 332 g/mol. The number of benzene rings is 1. The lowest BCUT2D eigenvalue weighted by atomic mass is 10.2. The normalized spacial score (nSPS) is 16.3. The van der Waals surface area contributed by atoms with E-state index < -0.39 is 0 Å². The second-order valence-corrected chi connectivity index (χ2v) is 6.15. The highest BCUT2D eigenvalue weighted by Crippen LogP contribution is 2.17. The number of carbonyl (C=O) groups is 1. The van der Waals surface area contributed by atoms with Crippen LogP contribution in [0.1, 0.15) is 35.9 Å². The fourth-order valence-corrected chi connectivity index (χ4v) is 2.77. The summed E-state index contributed by atoms with van der Waals surface area (Å²) in [5, 5.41) is 6.01. The third-order valence-electron chi connectivity index (χ3n) is 4.02. The summed E-state index contributed by atoms with van der Waals surface area (Å²) in [6.07, 6.45) is 2.29. The van der Waals surface area contributed by atoms with Gasteiger partial charge in [-0.3, -0.25) is 4.79 Å². The number of rotatable bonds is 7. The first-order valence-corrected chi connectivity index (χ1v) is 8.89. The van der Waals surface area contributed by atoms with E-state index in [9.17, 15) is 4.79 Å². The topological polar surface area (TPSA) is 85.4 Å². The maximum Gasteiger partial charge on any atom is 0.274 e. The summed E-state index contributed by atoms with van der Waals surface area (Å²) in [5.41, 5.74) is 1.73. The number of hydrogen-bond acceptors (Lipinski definition) is 6. The van der Waals surface area contributed by atoms with Crippen molar-refractivity contribution in [2.75, 3.05) is 30.4 Å². The van der Waals surface area contributed by atoms with Gasteiger partial charge in [-0.25, -0.2) is 9.97 Å². The minimum atomic E-state index is -0.278. The molecule has 1 aliphatic rings. The molecule has 1 unspecified atom stereocenters. The Morgan fingerprint density at radius 3 is 2.81 bits per heavy atom. The summed E-state index contributed by atoms with van der Waals surface area (Å²) < 4.78 is 11.0. The molecule has 7 heteroatoms. The molecule has 138 valence electrons. The van der Waals surface area contributed by atoms with Crippen molar-refractivity contribution in [2.45, 2.75) is 32.8 Å². The van der Waals surface area contributed by atoms with Crippen LogP contribution >= 0.6 is 0 Å². The summed E-state index contributed by atoms with van der Waals surface area (Å²) in [7, 11) is 0. The second kappa shape index (κ2) is 8.62. The van der Waals surface area contributed by atoms with Gasteiger partial charge in [-0.1, -0.05) is 0 Å². The molecule has 0 bridgehead atoms. The smallest absolute Gasteiger partial charge is 0.274 e. The maximum absolute atomic E-state index is 12.5. The summed E-state index contributed by atoms with van der Waals surface area (Å²) >= 11 is 0. The van der Waals surface area contributed by atoms with Gasteiger partial charge in [0, 0.05) is 24.5 Å². The van der Waals surface area contributed by atoms with Crippen molar-refractivity contribution in [1.29, 1.82) is 0 Å².